The second-order valence-electron chi connectivity index (χ2n) is 4.28. The lowest BCUT2D eigenvalue weighted by Crippen LogP contribution is -2.12. The smallest absolute Gasteiger partial charge is 0.300 e. The summed E-state index contributed by atoms with van der Waals surface area (Å²) in [6, 6.07) is 7.47. The van der Waals surface area contributed by atoms with Gasteiger partial charge in [-0.2, -0.15) is 0 Å². The molecular formula is C14H14N2O2S. The second kappa shape index (κ2) is 5.84. The van der Waals surface area contributed by atoms with Gasteiger partial charge in [0.25, 0.3) is 0 Å². The molecule has 0 radical (unpaired) electrons. The molecule has 0 atom stereocenters. The Bertz CT molecular complexity index is 647. The number of carbonyl (C=O) groups excluding carboxylic acids is 1. The third kappa shape index (κ3) is 3.54. The number of hydrogen-bond acceptors (Lipinski definition) is 4. The molecule has 0 bridgehead atoms. The lowest BCUT2D eigenvalue weighted by Gasteiger charge is -2.04. The van der Waals surface area contributed by atoms with Crippen LogP contribution in [0, 0.1) is 13.8 Å². The van der Waals surface area contributed by atoms with E-state index in [1.165, 1.54) is 18.0 Å². The number of H-pyrrole nitrogens is 1. The number of Topliss-reactive ketones (excluding diaryl/α,β-unsaturated/α-hetero) is 1. The Labute approximate surface area is 115 Å². The third-order valence-electron chi connectivity index (χ3n) is 2.68. The molecule has 2 aromatic rings. The molecule has 0 saturated carbocycles. The first-order chi connectivity index (χ1) is 9.06. The van der Waals surface area contributed by atoms with Crippen LogP contribution >= 0.6 is 11.8 Å². The summed E-state index contributed by atoms with van der Waals surface area (Å²) in [6.07, 6.45) is 1.51. The molecule has 1 heterocycles. The zero-order valence-corrected chi connectivity index (χ0v) is 11.6. The number of thioether (sulfide) groups is 1. The number of hydrogen-bond donors (Lipinski definition) is 1. The van der Waals surface area contributed by atoms with Crippen molar-refractivity contribution in [1.82, 2.24) is 9.97 Å². The van der Waals surface area contributed by atoms with E-state index in [0.29, 0.717) is 16.3 Å². The molecule has 4 nitrogen and oxygen atoms in total. The molecular weight excluding hydrogens is 260 g/mol. The zero-order chi connectivity index (χ0) is 13.8. The minimum absolute atomic E-state index is 0.0436. The highest BCUT2D eigenvalue weighted by Crippen LogP contribution is 2.19. The standard InChI is InChI=1S/C14H14N2O2S/c1-9-3-5-11(6-4-9)12(17)8-19-13-10(2)7-15-14(18)16-13/h3-7H,8H2,1-2H3,(H,15,16,18). The van der Waals surface area contributed by atoms with Crippen molar-refractivity contribution < 1.29 is 4.79 Å². The fourth-order valence-electron chi connectivity index (χ4n) is 1.55. The number of aromatic nitrogens is 2. The number of nitrogens with zero attached hydrogens (tertiary/aromatic N) is 1. The van der Waals surface area contributed by atoms with E-state index in [-0.39, 0.29) is 5.78 Å². The van der Waals surface area contributed by atoms with Crippen molar-refractivity contribution in [1.29, 1.82) is 0 Å². The van der Waals surface area contributed by atoms with Gasteiger partial charge in [-0.3, -0.25) is 4.79 Å². The van der Waals surface area contributed by atoms with Gasteiger partial charge in [-0.1, -0.05) is 41.6 Å². The van der Waals surface area contributed by atoms with Gasteiger partial charge >= 0.3 is 5.69 Å². The average molecular weight is 274 g/mol. The van der Waals surface area contributed by atoms with Crippen molar-refractivity contribution in [3.63, 3.8) is 0 Å². The minimum atomic E-state index is -0.393. The van der Waals surface area contributed by atoms with E-state index in [9.17, 15) is 9.59 Å². The molecule has 0 unspecified atom stereocenters. The van der Waals surface area contributed by atoms with Crippen molar-refractivity contribution in [2.24, 2.45) is 0 Å². The van der Waals surface area contributed by atoms with Crippen LogP contribution in [0.25, 0.3) is 0 Å². The highest BCUT2D eigenvalue weighted by molar-refractivity contribution is 8.00. The van der Waals surface area contributed by atoms with Crippen LogP contribution in [0.1, 0.15) is 21.5 Å². The minimum Gasteiger partial charge on any atom is -0.300 e. The Hall–Kier alpha value is -1.88. The number of ketones is 1. The summed E-state index contributed by atoms with van der Waals surface area (Å²) < 4.78 is 0. The van der Waals surface area contributed by atoms with Gasteiger partial charge in [0.2, 0.25) is 0 Å². The molecule has 0 spiro atoms. The SMILES string of the molecule is Cc1ccc(C(=O)CSc2[nH]c(=O)ncc2C)cc1. The van der Waals surface area contributed by atoms with Gasteiger partial charge in [-0.05, 0) is 19.4 Å². The van der Waals surface area contributed by atoms with Crippen molar-refractivity contribution in [2.75, 3.05) is 5.75 Å². The number of rotatable bonds is 4. The Morgan fingerprint density at radius 3 is 2.63 bits per heavy atom. The number of benzene rings is 1. The molecule has 5 heteroatoms. The van der Waals surface area contributed by atoms with Gasteiger partial charge in [-0.15, -0.1) is 0 Å². The summed E-state index contributed by atoms with van der Waals surface area (Å²) in [7, 11) is 0. The number of aryl methyl sites for hydroxylation is 2. The van der Waals surface area contributed by atoms with Crippen molar-refractivity contribution in [3.8, 4) is 0 Å². The fourth-order valence-corrected chi connectivity index (χ4v) is 2.43. The maximum Gasteiger partial charge on any atom is 0.345 e. The number of carbonyl (C=O) groups is 1. The quantitative estimate of drug-likeness (QED) is 0.528. The lowest BCUT2D eigenvalue weighted by atomic mass is 10.1. The van der Waals surface area contributed by atoms with E-state index in [0.717, 1.165) is 11.1 Å². The Morgan fingerprint density at radius 1 is 1.26 bits per heavy atom. The van der Waals surface area contributed by atoms with Crippen LogP contribution in [0.2, 0.25) is 0 Å². The molecule has 0 saturated heterocycles. The van der Waals surface area contributed by atoms with Gasteiger partial charge in [0, 0.05) is 11.8 Å². The fraction of sp³-hybridized carbons (Fsp3) is 0.214. The second-order valence-corrected chi connectivity index (χ2v) is 5.26. The molecule has 1 aromatic carbocycles. The molecule has 0 fully saturated rings. The number of aromatic amines is 1. The largest absolute Gasteiger partial charge is 0.345 e. The van der Waals surface area contributed by atoms with Crippen LogP contribution < -0.4 is 5.69 Å². The maximum atomic E-state index is 12.0. The van der Waals surface area contributed by atoms with Crippen LogP contribution in [-0.2, 0) is 0 Å². The summed E-state index contributed by atoms with van der Waals surface area (Å²) in [5.41, 5.74) is 2.28. The predicted octanol–water partition coefficient (Wildman–Crippen LogP) is 2.36. The van der Waals surface area contributed by atoms with E-state index in [2.05, 4.69) is 9.97 Å². The van der Waals surface area contributed by atoms with Gasteiger partial charge in [0.15, 0.2) is 5.78 Å². The monoisotopic (exact) mass is 274 g/mol. The van der Waals surface area contributed by atoms with Gasteiger partial charge in [0.1, 0.15) is 0 Å². The topological polar surface area (TPSA) is 62.8 Å². The first-order valence-electron chi connectivity index (χ1n) is 5.85. The lowest BCUT2D eigenvalue weighted by molar-refractivity contribution is 0.102. The van der Waals surface area contributed by atoms with E-state index >= 15 is 0 Å². The van der Waals surface area contributed by atoms with Crippen LogP contribution in [0.4, 0.5) is 0 Å². The van der Waals surface area contributed by atoms with E-state index in [1.807, 2.05) is 38.1 Å². The molecule has 0 aliphatic carbocycles. The number of nitrogens with one attached hydrogen (secondary N) is 1. The van der Waals surface area contributed by atoms with Crippen molar-refractivity contribution >= 4 is 17.5 Å². The van der Waals surface area contributed by atoms with Gasteiger partial charge in [0.05, 0.1) is 10.8 Å². The summed E-state index contributed by atoms with van der Waals surface area (Å²) >= 11 is 1.32. The van der Waals surface area contributed by atoms with Gasteiger partial charge < -0.3 is 4.98 Å². The Balaban J connectivity index is 2.06. The third-order valence-corrected chi connectivity index (χ3v) is 3.79. The molecule has 0 amide bonds. The van der Waals surface area contributed by atoms with Crippen LogP contribution in [0.5, 0.6) is 0 Å². The predicted molar refractivity (Wildman–Crippen MR) is 75.8 cm³/mol. The van der Waals surface area contributed by atoms with Crippen LogP contribution in [0.3, 0.4) is 0 Å². The molecule has 1 aromatic heterocycles. The summed E-state index contributed by atoms with van der Waals surface area (Å²) in [5.74, 6) is 0.339. The van der Waals surface area contributed by atoms with Crippen LogP contribution in [-0.4, -0.2) is 21.5 Å². The maximum absolute atomic E-state index is 12.0. The average Bonchev–Trinajstić information content (AvgIpc) is 2.40. The molecule has 0 aliphatic heterocycles. The molecule has 1 N–H and O–H groups in total. The Kier molecular flexibility index (Phi) is 4.16. The first-order valence-corrected chi connectivity index (χ1v) is 6.83. The highest BCUT2D eigenvalue weighted by Gasteiger charge is 2.08. The molecule has 2 rings (SSSR count). The van der Waals surface area contributed by atoms with Crippen molar-refractivity contribution in [2.45, 2.75) is 18.9 Å². The zero-order valence-electron chi connectivity index (χ0n) is 10.8. The molecule has 19 heavy (non-hydrogen) atoms. The highest BCUT2D eigenvalue weighted by atomic mass is 32.2. The van der Waals surface area contributed by atoms with E-state index in [1.54, 1.807) is 0 Å². The van der Waals surface area contributed by atoms with Crippen molar-refractivity contribution in [3.05, 3.63) is 57.6 Å². The first kappa shape index (κ1) is 13.5. The van der Waals surface area contributed by atoms with E-state index in [4.69, 9.17) is 0 Å². The summed E-state index contributed by atoms with van der Waals surface area (Å²) in [5, 5.41) is 0.695. The Morgan fingerprint density at radius 2 is 1.95 bits per heavy atom. The molecule has 0 aliphatic rings. The van der Waals surface area contributed by atoms with Crippen LogP contribution in [0.15, 0.2) is 40.3 Å². The van der Waals surface area contributed by atoms with E-state index < -0.39 is 5.69 Å². The van der Waals surface area contributed by atoms with Gasteiger partial charge in [-0.25, -0.2) is 9.78 Å². The normalized spacial score (nSPS) is 10.4. The molecule has 98 valence electrons. The summed E-state index contributed by atoms with van der Waals surface area (Å²) in [4.78, 5) is 29.4. The summed E-state index contributed by atoms with van der Waals surface area (Å²) in [6.45, 7) is 3.83.